The third-order valence-corrected chi connectivity index (χ3v) is 4.11. The van der Waals surface area contributed by atoms with Gasteiger partial charge in [-0.15, -0.1) is 0 Å². The van der Waals surface area contributed by atoms with Crippen molar-refractivity contribution in [3.63, 3.8) is 0 Å². The minimum absolute atomic E-state index is 0.122. The maximum Gasteiger partial charge on any atom is 0.305 e. The van der Waals surface area contributed by atoms with Gasteiger partial charge in [-0.2, -0.15) is 0 Å². The summed E-state index contributed by atoms with van der Waals surface area (Å²) in [6, 6.07) is 11.3. The standard InChI is InChI=1S/C20H20FN5O4/c21-16-7-3-13(4-8-16)9-18(27)23-11-14-1-5-15(6-2-14)20(30)25-17(10-19(28)29)12-24-26-22/h1-8,17H,9-12H2,(H,23,27)(H,25,30)(H,28,29)/t17-/m0/s1. The van der Waals surface area contributed by atoms with Crippen LogP contribution in [0.4, 0.5) is 4.39 Å². The quantitative estimate of drug-likeness (QED) is 0.312. The van der Waals surface area contributed by atoms with Crippen LogP contribution in [0, 0.1) is 5.82 Å². The molecule has 2 aromatic carbocycles. The summed E-state index contributed by atoms with van der Waals surface area (Å²) in [4.78, 5) is 37.7. The summed E-state index contributed by atoms with van der Waals surface area (Å²) < 4.78 is 12.9. The monoisotopic (exact) mass is 413 g/mol. The molecule has 0 fully saturated rings. The van der Waals surface area contributed by atoms with E-state index in [4.69, 9.17) is 10.6 Å². The van der Waals surface area contributed by atoms with E-state index in [1.54, 1.807) is 36.4 Å². The van der Waals surface area contributed by atoms with Crippen LogP contribution in [0.5, 0.6) is 0 Å². The number of halogens is 1. The van der Waals surface area contributed by atoms with Gasteiger partial charge in [0.1, 0.15) is 5.82 Å². The van der Waals surface area contributed by atoms with Gasteiger partial charge in [0.25, 0.3) is 5.91 Å². The molecule has 0 aliphatic heterocycles. The average Bonchev–Trinajstić information content (AvgIpc) is 2.72. The molecule has 0 aromatic heterocycles. The molecule has 0 aliphatic carbocycles. The highest BCUT2D eigenvalue weighted by Gasteiger charge is 2.16. The fraction of sp³-hybridized carbons (Fsp3) is 0.250. The van der Waals surface area contributed by atoms with E-state index in [9.17, 15) is 18.8 Å². The molecule has 0 saturated heterocycles. The number of carboxylic acid groups (broad SMARTS) is 1. The van der Waals surface area contributed by atoms with E-state index in [-0.39, 0.29) is 37.7 Å². The number of azide groups is 1. The highest BCUT2D eigenvalue weighted by atomic mass is 19.1. The Morgan fingerprint density at radius 3 is 2.30 bits per heavy atom. The van der Waals surface area contributed by atoms with Crippen molar-refractivity contribution in [2.45, 2.75) is 25.4 Å². The molecule has 0 spiro atoms. The van der Waals surface area contributed by atoms with Crippen molar-refractivity contribution in [2.24, 2.45) is 5.11 Å². The molecule has 1 atom stereocenters. The molecule has 0 heterocycles. The Morgan fingerprint density at radius 2 is 1.70 bits per heavy atom. The van der Waals surface area contributed by atoms with E-state index in [0.717, 1.165) is 5.56 Å². The SMILES string of the molecule is [N-]=[N+]=NC[C@H](CC(=O)O)NC(=O)c1ccc(CNC(=O)Cc2ccc(F)cc2)cc1. The molecular formula is C20H20FN5O4. The third kappa shape index (κ3) is 7.61. The van der Waals surface area contributed by atoms with Crippen molar-refractivity contribution < 1.29 is 23.9 Å². The smallest absolute Gasteiger partial charge is 0.305 e. The van der Waals surface area contributed by atoms with E-state index in [0.29, 0.717) is 11.1 Å². The lowest BCUT2D eigenvalue weighted by atomic mass is 10.1. The van der Waals surface area contributed by atoms with Gasteiger partial charge in [0, 0.05) is 29.6 Å². The van der Waals surface area contributed by atoms with Crippen molar-refractivity contribution in [1.82, 2.24) is 10.6 Å². The molecule has 2 aromatic rings. The van der Waals surface area contributed by atoms with Crippen molar-refractivity contribution in [3.05, 3.63) is 81.5 Å². The third-order valence-electron chi connectivity index (χ3n) is 4.11. The Kier molecular flexibility index (Phi) is 8.34. The van der Waals surface area contributed by atoms with Gasteiger partial charge in [0.05, 0.1) is 12.8 Å². The van der Waals surface area contributed by atoms with Crippen molar-refractivity contribution >= 4 is 17.8 Å². The first-order valence-electron chi connectivity index (χ1n) is 9.01. The number of nitrogens with zero attached hydrogens (tertiary/aromatic N) is 3. The number of aliphatic carboxylic acids is 1. The van der Waals surface area contributed by atoms with Crippen LogP contribution >= 0.6 is 0 Å². The number of benzene rings is 2. The second-order valence-corrected chi connectivity index (χ2v) is 6.46. The van der Waals surface area contributed by atoms with Crippen LogP contribution in [0.15, 0.2) is 53.6 Å². The zero-order valence-electron chi connectivity index (χ0n) is 15.9. The highest BCUT2D eigenvalue weighted by Crippen LogP contribution is 2.07. The highest BCUT2D eigenvalue weighted by molar-refractivity contribution is 5.94. The zero-order chi connectivity index (χ0) is 21.9. The predicted molar refractivity (Wildman–Crippen MR) is 106 cm³/mol. The van der Waals surface area contributed by atoms with E-state index in [1.807, 2.05) is 0 Å². The summed E-state index contributed by atoms with van der Waals surface area (Å²) in [6.07, 6.45) is -0.250. The molecule has 9 nitrogen and oxygen atoms in total. The average molecular weight is 413 g/mol. The number of rotatable bonds is 10. The summed E-state index contributed by atoms with van der Waals surface area (Å²) in [5.74, 6) is -2.21. The van der Waals surface area contributed by atoms with Crippen LogP contribution < -0.4 is 10.6 Å². The fourth-order valence-corrected chi connectivity index (χ4v) is 2.60. The second-order valence-electron chi connectivity index (χ2n) is 6.46. The summed E-state index contributed by atoms with van der Waals surface area (Å²) in [5.41, 5.74) is 10.1. The van der Waals surface area contributed by atoms with Gasteiger partial charge >= 0.3 is 5.97 Å². The molecule has 156 valence electrons. The Morgan fingerprint density at radius 1 is 1.07 bits per heavy atom. The molecule has 10 heteroatoms. The van der Waals surface area contributed by atoms with Gasteiger partial charge in [-0.25, -0.2) is 4.39 Å². The van der Waals surface area contributed by atoms with E-state index < -0.39 is 17.9 Å². The van der Waals surface area contributed by atoms with E-state index in [2.05, 4.69) is 20.7 Å². The van der Waals surface area contributed by atoms with Crippen molar-refractivity contribution in [2.75, 3.05) is 6.54 Å². The number of hydrogen-bond donors (Lipinski definition) is 3. The van der Waals surface area contributed by atoms with E-state index >= 15 is 0 Å². The minimum atomic E-state index is -1.12. The van der Waals surface area contributed by atoms with Crippen LogP contribution in [0.1, 0.15) is 27.9 Å². The van der Waals surface area contributed by atoms with Gasteiger partial charge in [0.2, 0.25) is 5.91 Å². The first kappa shape index (κ1) is 22.4. The van der Waals surface area contributed by atoms with E-state index in [1.165, 1.54) is 12.1 Å². The summed E-state index contributed by atoms with van der Waals surface area (Å²) in [7, 11) is 0. The van der Waals surface area contributed by atoms with Gasteiger partial charge in [-0.3, -0.25) is 14.4 Å². The maximum absolute atomic E-state index is 12.9. The van der Waals surface area contributed by atoms with Crippen molar-refractivity contribution in [1.29, 1.82) is 0 Å². The molecule has 2 amide bonds. The summed E-state index contributed by atoms with van der Waals surface area (Å²) >= 11 is 0. The molecule has 30 heavy (non-hydrogen) atoms. The van der Waals surface area contributed by atoms with Gasteiger partial charge in [0.15, 0.2) is 0 Å². The zero-order valence-corrected chi connectivity index (χ0v) is 15.9. The largest absolute Gasteiger partial charge is 0.481 e. The molecule has 0 saturated carbocycles. The summed E-state index contributed by atoms with van der Waals surface area (Å²) in [6.45, 7) is 0.0765. The van der Waals surface area contributed by atoms with Gasteiger partial charge in [-0.05, 0) is 40.9 Å². The van der Waals surface area contributed by atoms with Crippen LogP contribution in [0.2, 0.25) is 0 Å². The number of amides is 2. The first-order valence-corrected chi connectivity index (χ1v) is 9.01. The topological polar surface area (TPSA) is 144 Å². The van der Waals surface area contributed by atoms with Crippen molar-refractivity contribution in [3.8, 4) is 0 Å². The number of carbonyl (C=O) groups excluding carboxylic acids is 2. The number of carboxylic acids is 1. The number of hydrogen-bond acceptors (Lipinski definition) is 4. The minimum Gasteiger partial charge on any atom is -0.481 e. The first-order chi connectivity index (χ1) is 14.4. The number of nitrogens with one attached hydrogen (secondary N) is 2. The normalized spacial score (nSPS) is 11.1. The van der Waals surface area contributed by atoms with Gasteiger partial charge < -0.3 is 15.7 Å². The lowest BCUT2D eigenvalue weighted by molar-refractivity contribution is -0.137. The Bertz CT molecular complexity index is 937. The second kappa shape index (κ2) is 11.2. The van der Waals surface area contributed by atoms with Crippen LogP contribution in [0.3, 0.4) is 0 Å². The predicted octanol–water partition coefficient (Wildman–Crippen LogP) is 2.57. The summed E-state index contributed by atoms with van der Waals surface area (Å²) in [5, 5.41) is 17.4. The molecule has 0 bridgehead atoms. The molecule has 3 N–H and O–H groups in total. The molecule has 2 rings (SSSR count). The Hall–Kier alpha value is -3.91. The molecule has 0 aliphatic rings. The molecule has 0 radical (unpaired) electrons. The lowest BCUT2D eigenvalue weighted by Gasteiger charge is -2.14. The Balaban J connectivity index is 1.87. The fourth-order valence-electron chi connectivity index (χ4n) is 2.60. The van der Waals surface area contributed by atoms with Crippen LogP contribution in [-0.4, -0.2) is 35.5 Å². The van der Waals surface area contributed by atoms with Crippen LogP contribution in [-0.2, 0) is 22.6 Å². The number of carbonyl (C=O) groups is 3. The Labute approximate surface area is 171 Å². The maximum atomic E-state index is 12.9. The van der Waals surface area contributed by atoms with Crippen LogP contribution in [0.25, 0.3) is 10.4 Å². The lowest BCUT2D eigenvalue weighted by Crippen LogP contribution is -2.38. The molecule has 0 unspecified atom stereocenters. The molecular weight excluding hydrogens is 393 g/mol. The van der Waals surface area contributed by atoms with Gasteiger partial charge in [-0.1, -0.05) is 29.4 Å².